The van der Waals surface area contributed by atoms with Crippen LogP contribution in [0.5, 0.6) is 0 Å². The molecule has 0 aliphatic carbocycles. The third-order valence-electron chi connectivity index (χ3n) is 2.02. The molecule has 0 unspecified atom stereocenters. The molecule has 0 N–H and O–H groups in total. The first-order valence-corrected chi connectivity index (χ1v) is 7.29. The Bertz CT molecular complexity index is 443. The van der Waals surface area contributed by atoms with Gasteiger partial charge in [-0.3, -0.25) is 0 Å². The van der Waals surface area contributed by atoms with E-state index in [-0.39, 0.29) is 10.6 Å². The largest absolute Gasteiger partial charge is 0.224 e. The van der Waals surface area contributed by atoms with E-state index in [4.69, 9.17) is 0 Å². The van der Waals surface area contributed by atoms with E-state index >= 15 is 0 Å². The molecule has 0 aromatic heterocycles. The van der Waals surface area contributed by atoms with Crippen molar-refractivity contribution in [3.05, 3.63) is 29.6 Å². The smallest absolute Gasteiger partial charge is 0.178 e. The van der Waals surface area contributed by atoms with Crippen LogP contribution in [0.4, 0.5) is 4.39 Å². The Morgan fingerprint density at radius 1 is 1.40 bits per heavy atom. The van der Waals surface area contributed by atoms with Crippen molar-refractivity contribution in [2.24, 2.45) is 0 Å². The maximum absolute atomic E-state index is 12.8. The standard InChI is InChI=1S/C10H12BrFO2S/c1-8-7-9(12)3-4-10(8)15(13,14)6-2-5-11/h3-4,7H,2,5-6H2,1H3. The zero-order valence-corrected chi connectivity index (χ0v) is 10.7. The fraction of sp³-hybridized carbons (Fsp3) is 0.400. The first-order valence-electron chi connectivity index (χ1n) is 4.52. The van der Waals surface area contributed by atoms with Gasteiger partial charge in [0.15, 0.2) is 9.84 Å². The normalized spacial score (nSPS) is 11.7. The number of alkyl halides is 1. The van der Waals surface area contributed by atoms with E-state index in [0.29, 0.717) is 17.3 Å². The van der Waals surface area contributed by atoms with Crippen LogP contribution in [0.25, 0.3) is 0 Å². The van der Waals surface area contributed by atoms with Crippen molar-refractivity contribution >= 4 is 25.8 Å². The maximum Gasteiger partial charge on any atom is 0.178 e. The molecule has 1 aromatic rings. The second-order valence-electron chi connectivity index (χ2n) is 3.27. The molecular weight excluding hydrogens is 283 g/mol. The third-order valence-corrected chi connectivity index (χ3v) is 4.53. The average Bonchev–Trinajstić information content (AvgIpc) is 2.14. The second-order valence-corrected chi connectivity index (χ2v) is 6.14. The minimum absolute atomic E-state index is 0.0880. The SMILES string of the molecule is Cc1cc(F)ccc1S(=O)(=O)CCCBr. The van der Waals surface area contributed by atoms with E-state index in [9.17, 15) is 12.8 Å². The third kappa shape index (κ3) is 3.28. The summed E-state index contributed by atoms with van der Waals surface area (Å²) in [6, 6.07) is 3.74. The molecule has 15 heavy (non-hydrogen) atoms. The quantitative estimate of drug-likeness (QED) is 0.632. The highest BCUT2D eigenvalue weighted by Gasteiger charge is 2.16. The van der Waals surface area contributed by atoms with Gasteiger partial charge >= 0.3 is 0 Å². The molecule has 1 rings (SSSR count). The number of hydrogen-bond acceptors (Lipinski definition) is 2. The predicted molar refractivity (Wildman–Crippen MR) is 61.6 cm³/mol. The van der Waals surface area contributed by atoms with Crippen LogP contribution in [-0.4, -0.2) is 19.5 Å². The van der Waals surface area contributed by atoms with Crippen molar-refractivity contribution in [3.63, 3.8) is 0 Å². The number of halogens is 2. The van der Waals surface area contributed by atoms with Crippen molar-refractivity contribution in [2.75, 3.05) is 11.1 Å². The predicted octanol–water partition coefficient (Wildman–Crippen LogP) is 2.69. The monoisotopic (exact) mass is 294 g/mol. The molecule has 84 valence electrons. The number of rotatable bonds is 4. The van der Waals surface area contributed by atoms with Gasteiger partial charge in [0, 0.05) is 5.33 Å². The molecule has 0 atom stereocenters. The van der Waals surface area contributed by atoms with E-state index in [1.807, 2.05) is 0 Å². The Kier molecular flexibility index (Phi) is 4.28. The van der Waals surface area contributed by atoms with Gasteiger partial charge < -0.3 is 0 Å². The van der Waals surface area contributed by atoms with E-state index in [2.05, 4.69) is 15.9 Å². The lowest BCUT2D eigenvalue weighted by Crippen LogP contribution is -2.09. The zero-order chi connectivity index (χ0) is 11.5. The van der Waals surface area contributed by atoms with Gasteiger partial charge in [-0.05, 0) is 37.1 Å². The fourth-order valence-corrected chi connectivity index (χ4v) is 3.54. The summed E-state index contributed by atoms with van der Waals surface area (Å²) in [5.41, 5.74) is 0.463. The van der Waals surface area contributed by atoms with Crippen molar-refractivity contribution < 1.29 is 12.8 Å². The fourth-order valence-electron chi connectivity index (χ4n) is 1.32. The zero-order valence-electron chi connectivity index (χ0n) is 8.33. The summed E-state index contributed by atoms with van der Waals surface area (Å²) >= 11 is 3.18. The van der Waals surface area contributed by atoms with Crippen molar-refractivity contribution in [3.8, 4) is 0 Å². The van der Waals surface area contributed by atoms with Gasteiger partial charge in [0.2, 0.25) is 0 Å². The summed E-state index contributed by atoms with van der Waals surface area (Å²) in [6.07, 6.45) is 0.555. The van der Waals surface area contributed by atoms with E-state index in [1.54, 1.807) is 6.92 Å². The highest BCUT2D eigenvalue weighted by atomic mass is 79.9. The van der Waals surface area contributed by atoms with Crippen LogP contribution in [0, 0.1) is 12.7 Å². The number of benzene rings is 1. The Hall–Kier alpha value is -0.420. The van der Waals surface area contributed by atoms with Crippen LogP contribution in [-0.2, 0) is 9.84 Å². The number of sulfone groups is 1. The molecule has 0 saturated heterocycles. The molecule has 2 nitrogen and oxygen atoms in total. The summed E-state index contributed by atoms with van der Waals surface area (Å²) in [4.78, 5) is 0.227. The molecule has 0 amide bonds. The minimum atomic E-state index is -3.27. The highest BCUT2D eigenvalue weighted by molar-refractivity contribution is 9.09. The van der Waals surface area contributed by atoms with Crippen molar-refractivity contribution in [2.45, 2.75) is 18.2 Å². The van der Waals surface area contributed by atoms with Gasteiger partial charge in [-0.15, -0.1) is 0 Å². The molecule has 0 spiro atoms. The molecule has 0 saturated carbocycles. The van der Waals surface area contributed by atoms with Gasteiger partial charge in [-0.2, -0.15) is 0 Å². The lowest BCUT2D eigenvalue weighted by Gasteiger charge is -2.06. The van der Waals surface area contributed by atoms with Crippen LogP contribution in [0.1, 0.15) is 12.0 Å². The van der Waals surface area contributed by atoms with Gasteiger partial charge in [0.1, 0.15) is 5.82 Å². The topological polar surface area (TPSA) is 34.1 Å². The average molecular weight is 295 g/mol. The summed E-state index contributed by atoms with van der Waals surface area (Å²) in [7, 11) is -3.27. The molecule has 1 aromatic carbocycles. The lowest BCUT2D eigenvalue weighted by atomic mass is 10.2. The second kappa shape index (κ2) is 5.07. The summed E-state index contributed by atoms with van der Waals surface area (Å²) in [5.74, 6) is -0.322. The van der Waals surface area contributed by atoms with Crippen LogP contribution in [0.15, 0.2) is 23.1 Å². The molecule has 0 radical (unpaired) electrons. The molecule has 0 bridgehead atoms. The molecule has 0 aliphatic rings. The number of aryl methyl sites for hydroxylation is 1. The van der Waals surface area contributed by atoms with Crippen molar-refractivity contribution in [1.82, 2.24) is 0 Å². The summed E-state index contributed by atoms with van der Waals surface area (Å²) in [5, 5.41) is 0.645. The minimum Gasteiger partial charge on any atom is -0.224 e. The van der Waals surface area contributed by atoms with E-state index in [1.165, 1.54) is 18.2 Å². The maximum atomic E-state index is 12.8. The molecule has 0 fully saturated rings. The number of hydrogen-bond donors (Lipinski definition) is 0. The lowest BCUT2D eigenvalue weighted by molar-refractivity contribution is 0.592. The Labute approximate surface area is 97.5 Å². The van der Waals surface area contributed by atoms with Gasteiger partial charge in [0.05, 0.1) is 10.6 Å². The van der Waals surface area contributed by atoms with Crippen molar-refractivity contribution in [1.29, 1.82) is 0 Å². The van der Waals surface area contributed by atoms with E-state index < -0.39 is 15.7 Å². The van der Waals surface area contributed by atoms with E-state index in [0.717, 1.165) is 0 Å². The van der Waals surface area contributed by atoms with Gasteiger partial charge in [-0.25, -0.2) is 12.8 Å². The Morgan fingerprint density at radius 3 is 2.60 bits per heavy atom. The Morgan fingerprint density at radius 2 is 2.07 bits per heavy atom. The highest BCUT2D eigenvalue weighted by Crippen LogP contribution is 2.18. The first-order chi connectivity index (χ1) is 6.97. The van der Waals surface area contributed by atoms with Crippen LogP contribution in [0.2, 0.25) is 0 Å². The van der Waals surface area contributed by atoms with Crippen LogP contribution in [0.3, 0.4) is 0 Å². The molecular formula is C10H12BrFO2S. The molecule has 5 heteroatoms. The molecule has 0 heterocycles. The molecule has 0 aliphatic heterocycles. The Balaban J connectivity index is 3.05. The van der Waals surface area contributed by atoms with Crippen LogP contribution >= 0.6 is 15.9 Å². The van der Waals surface area contributed by atoms with Crippen LogP contribution < -0.4 is 0 Å². The van der Waals surface area contributed by atoms with Gasteiger partial charge in [0.25, 0.3) is 0 Å². The van der Waals surface area contributed by atoms with Gasteiger partial charge in [-0.1, -0.05) is 15.9 Å². The summed E-state index contributed by atoms with van der Waals surface area (Å²) in [6.45, 7) is 1.60. The first kappa shape index (κ1) is 12.6. The summed E-state index contributed by atoms with van der Waals surface area (Å²) < 4.78 is 36.3.